The maximum absolute atomic E-state index is 12.4. The summed E-state index contributed by atoms with van der Waals surface area (Å²) in [5.74, 6) is -0.169. The molecular weight excluding hydrogens is 464 g/mol. The second kappa shape index (κ2) is 6.50. The van der Waals surface area contributed by atoms with E-state index in [1.807, 2.05) is 32.0 Å². The molecule has 2 aromatic rings. The third-order valence-corrected chi connectivity index (χ3v) is 5.97. The molecular formula is C15H13Br3N2O. The number of nitrogens with one attached hydrogen (secondary N) is 1. The van der Waals surface area contributed by atoms with Crippen molar-refractivity contribution in [2.75, 3.05) is 11.1 Å². The minimum absolute atomic E-state index is 0.169. The van der Waals surface area contributed by atoms with Crippen LogP contribution in [0.15, 0.2) is 37.7 Å². The average molecular weight is 477 g/mol. The van der Waals surface area contributed by atoms with Gasteiger partial charge in [0.2, 0.25) is 0 Å². The topological polar surface area (TPSA) is 55.1 Å². The average Bonchev–Trinajstić information content (AvgIpc) is 2.48. The molecule has 0 saturated heterocycles. The Morgan fingerprint density at radius 2 is 1.57 bits per heavy atom. The number of nitrogens with two attached hydrogens (primary N) is 1. The first-order chi connectivity index (χ1) is 9.84. The van der Waals surface area contributed by atoms with Crippen molar-refractivity contribution in [3.63, 3.8) is 0 Å². The SMILES string of the molecule is Cc1c(Br)c(N)c(Br)c(C)c1NC(=O)c1ccccc1Br. The number of carbonyl (C=O) groups is 1. The third-order valence-electron chi connectivity index (χ3n) is 3.24. The fraction of sp³-hybridized carbons (Fsp3) is 0.133. The van der Waals surface area contributed by atoms with Crippen LogP contribution in [-0.2, 0) is 0 Å². The van der Waals surface area contributed by atoms with Crippen LogP contribution < -0.4 is 11.1 Å². The second-order valence-corrected chi connectivity index (χ2v) is 7.04. The number of hydrogen-bond donors (Lipinski definition) is 2. The Morgan fingerprint density at radius 1 is 1.05 bits per heavy atom. The van der Waals surface area contributed by atoms with E-state index in [1.54, 1.807) is 6.07 Å². The predicted molar refractivity (Wildman–Crippen MR) is 97.8 cm³/mol. The minimum Gasteiger partial charge on any atom is -0.397 e. The number of hydrogen-bond acceptors (Lipinski definition) is 2. The fourth-order valence-electron chi connectivity index (χ4n) is 2.01. The van der Waals surface area contributed by atoms with E-state index in [0.29, 0.717) is 11.3 Å². The molecule has 0 aliphatic rings. The van der Waals surface area contributed by atoms with Gasteiger partial charge in [-0.25, -0.2) is 0 Å². The van der Waals surface area contributed by atoms with Gasteiger partial charge in [0.15, 0.2) is 0 Å². The summed E-state index contributed by atoms with van der Waals surface area (Å²) in [6, 6.07) is 7.30. The second-order valence-electron chi connectivity index (χ2n) is 4.60. The zero-order chi connectivity index (χ0) is 15.7. The van der Waals surface area contributed by atoms with Gasteiger partial charge in [0.05, 0.1) is 11.3 Å². The Bertz CT molecular complexity index is 700. The molecule has 0 fully saturated rings. The van der Waals surface area contributed by atoms with Gasteiger partial charge < -0.3 is 11.1 Å². The molecule has 0 aromatic heterocycles. The van der Waals surface area contributed by atoms with Crippen molar-refractivity contribution in [3.05, 3.63) is 54.4 Å². The van der Waals surface area contributed by atoms with Gasteiger partial charge in [-0.1, -0.05) is 12.1 Å². The zero-order valence-corrected chi connectivity index (χ0v) is 16.2. The summed E-state index contributed by atoms with van der Waals surface area (Å²) < 4.78 is 2.32. The van der Waals surface area contributed by atoms with Crippen LogP contribution in [0.4, 0.5) is 11.4 Å². The molecule has 21 heavy (non-hydrogen) atoms. The van der Waals surface area contributed by atoms with Crippen LogP contribution >= 0.6 is 47.8 Å². The lowest BCUT2D eigenvalue weighted by Crippen LogP contribution is -2.15. The van der Waals surface area contributed by atoms with Gasteiger partial charge in [0.25, 0.3) is 5.91 Å². The van der Waals surface area contributed by atoms with Crippen LogP contribution in [0.2, 0.25) is 0 Å². The normalized spacial score (nSPS) is 10.5. The van der Waals surface area contributed by atoms with Crippen molar-refractivity contribution >= 4 is 65.1 Å². The van der Waals surface area contributed by atoms with E-state index in [-0.39, 0.29) is 5.91 Å². The van der Waals surface area contributed by atoms with Gasteiger partial charge in [-0.2, -0.15) is 0 Å². The molecule has 1 amide bonds. The summed E-state index contributed by atoms with van der Waals surface area (Å²) in [6.07, 6.45) is 0. The van der Waals surface area contributed by atoms with E-state index in [0.717, 1.165) is 30.2 Å². The Kier molecular flexibility index (Phi) is 5.11. The Morgan fingerprint density at radius 3 is 2.10 bits per heavy atom. The molecule has 3 N–H and O–H groups in total. The van der Waals surface area contributed by atoms with E-state index < -0.39 is 0 Å². The van der Waals surface area contributed by atoms with Crippen LogP contribution in [0.1, 0.15) is 21.5 Å². The smallest absolute Gasteiger partial charge is 0.256 e. The lowest BCUT2D eigenvalue weighted by Gasteiger charge is -2.17. The molecule has 3 nitrogen and oxygen atoms in total. The number of nitrogen functional groups attached to an aromatic ring is 1. The molecule has 0 bridgehead atoms. The number of halogens is 3. The van der Waals surface area contributed by atoms with Crippen molar-refractivity contribution in [2.45, 2.75) is 13.8 Å². The van der Waals surface area contributed by atoms with Crippen LogP contribution in [0.5, 0.6) is 0 Å². The van der Waals surface area contributed by atoms with E-state index in [1.165, 1.54) is 0 Å². The highest BCUT2D eigenvalue weighted by atomic mass is 79.9. The standard InChI is InChI=1S/C15H13Br3N2O/c1-7-11(17)13(19)12(18)8(2)14(7)20-15(21)9-5-3-4-6-10(9)16/h3-6H,19H2,1-2H3,(H,20,21). The summed E-state index contributed by atoms with van der Waals surface area (Å²) in [5.41, 5.74) is 9.76. The molecule has 6 heteroatoms. The number of carbonyl (C=O) groups excluding carboxylic acids is 1. The molecule has 2 rings (SSSR count). The first-order valence-electron chi connectivity index (χ1n) is 6.14. The largest absolute Gasteiger partial charge is 0.397 e. The van der Waals surface area contributed by atoms with Gasteiger partial charge in [-0.3, -0.25) is 4.79 Å². The summed E-state index contributed by atoms with van der Waals surface area (Å²) in [6.45, 7) is 3.82. The summed E-state index contributed by atoms with van der Waals surface area (Å²) in [4.78, 5) is 12.4. The van der Waals surface area contributed by atoms with Gasteiger partial charge in [0.1, 0.15) is 0 Å². The lowest BCUT2D eigenvalue weighted by molar-refractivity contribution is 0.102. The Hall–Kier alpha value is -0.850. The van der Waals surface area contributed by atoms with E-state index in [2.05, 4.69) is 53.1 Å². The first kappa shape index (κ1) is 16.5. The molecule has 0 spiro atoms. The molecule has 0 atom stereocenters. The van der Waals surface area contributed by atoms with Gasteiger partial charge in [-0.05, 0) is 84.9 Å². The molecule has 110 valence electrons. The van der Waals surface area contributed by atoms with Gasteiger partial charge in [0, 0.05) is 19.1 Å². The van der Waals surface area contributed by atoms with Crippen molar-refractivity contribution in [1.82, 2.24) is 0 Å². The first-order valence-corrected chi connectivity index (χ1v) is 8.52. The molecule has 2 aromatic carbocycles. The Labute approximate surface area is 148 Å². The number of rotatable bonds is 2. The van der Waals surface area contributed by atoms with Crippen LogP contribution in [0.25, 0.3) is 0 Å². The molecule has 0 aliphatic carbocycles. The molecule has 0 aliphatic heterocycles. The maximum Gasteiger partial charge on any atom is 0.256 e. The minimum atomic E-state index is -0.169. The summed E-state index contributed by atoms with van der Waals surface area (Å²) in [7, 11) is 0. The highest BCUT2D eigenvalue weighted by molar-refractivity contribution is 9.11. The number of amides is 1. The molecule has 0 radical (unpaired) electrons. The van der Waals surface area contributed by atoms with Gasteiger partial charge >= 0.3 is 0 Å². The lowest BCUT2D eigenvalue weighted by atomic mass is 10.1. The highest BCUT2D eigenvalue weighted by Gasteiger charge is 2.18. The molecule has 0 saturated carbocycles. The quantitative estimate of drug-likeness (QED) is 0.568. The van der Waals surface area contributed by atoms with E-state index in [4.69, 9.17) is 5.73 Å². The number of benzene rings is 2. The summed E-state index contributed by atoms with van der Waals surface area (Å²) >= 11 is 10.3. The Balaban J connectivity index is 2.46. The van der Waals surface area contributed by atoms with Crippen molar-refractivity contribution in [1.29, 1.82) is 0 Å². The van der Waals surface area contributed by atoms with Gasteiger partial charge in [-0.15, -0.1) is 0 Å². The molecule has 0 heterocycles. The third kappa shape index (κ3) is 3.17. The maximum atomic E-state index is 12.4. The van der Waals surface area contributed by atoms with E-state index in [9.17, 15) is 4.79 Å². The van der Waals surface area contributed by atoms with Crippen LogP contribution in [-0.4, -0.2) is 5.91 Å². The zero-order valence-electron chi connectivity index (χ0n) is 11.4. The van der Waals surface area contributed by atoms with Crippen molar-refractivity contribution in [2.24, 2.45) is 0 Å². The number of anilines is 2. The predicted octanol–water partition coefficient (Wildman–Crippen LogP) is 5.43. The van der Waals surface area contributed by atoms with Crippen molar-refractivity contribution < 1.29 is 4.79 Å². The van der Waals surface area contributed by atoms with Crippen LogP contribution in [0, 0.1) is 13.8 Å². The van der Waals surface area contributed by atoms with E-state index >= 15 is 0 Å². The summed E-state index contributed by atoms with van der Waals surface area (Å²) in [5, 5.41) is 2.96. The molecule has 0 unspecified atom stereocenters. The van der Waals surface area contributed by atoms with Crippen molar-refractivity contribution in [3.8, 4) is 0 Å². The van der Waals surface area contributed by atoms with Crippen LogP contribution in [0.3, 0.4) is 0 Å². The monoisotopic (exact) mass is 474 g/mol. The fourth-order valence-corrected chi connectivity index (χ4v) is 3.54. The highest BCUT2D eigenvalue weighted by Crippen LogP contribution is 2.40.